The highest BCUT2D eigenvalue weighted by Gasteiger charge is 2.30. The molecule has 0 bridgehead atoms. The maximum absolute atomic E-state index is 11.8. The molecule has 1 aliphatic rings. The van der Waals surface area contributed by atoms with Crippen molar-refractivity contribution in [3.05, 3.63) is 65.7 Å². The predicted molar refractivity (Wildman–Crippen MR) is 91.8 cm³/mol. The first-order valence-corrected chi connectivity index (χ1v) is 7.98. The van der Waals surface area contributed by atoms with Crippen LogP contribution in [-0.4, -0.2) is 42.2 Å². The molecule has 0 spiro atoms. The van der Waals surface area contributed by atoms with Crippen LogP contribution in [0.15, 0.2) is 54.6 Å². The van der Waals surface area contributed by atoms with Gasteiger partial charge in [0.2, 0.25) is 0 Å². The number of carbonyl (C=O) groups is 1. The number of rotatable bonds is 4. The zero-order chi connectivity index (χ0) is 16.2. The molecule has 1 saturated heterocycles. The molecule has 2 aromatic rings. The molecule has 2 aromatic carbocycles. The number of carboxylic acid groups (broad SMARTS) is 1. The molecule has 1 atom stereocenters. The van der Waals surface area contributed by atoms with E-state index in [0.717, 1.165) is 37.3 Å². The molecule has 1 fully saturated rings. The van der Waals surface area contributed by atoms with Gasteiger partial charge in [0, 0.05) is 31.9 Å². The second kappa shape index (κ2) is 6.84. The largest absolute Gasteiger partial charge is 0.480 e. The van der Waals surface area contributed by atoms with Crippen molar-refractivity contribution in [3.8, 4) is 0 Å². The lowest BCUT2D eigenvalue weighted by atomic mass is 10.0. The first kappa shape index (κ1) is 15.6. The Labute approximate surface area is 137 Å². The molecule has 0 unspecified atom stereocenters. The van der Waals surface area contributed by atoms with E-state index in [1.54, 1.807) is 0 Å². The van der Waals surface area contributed by atoms with Crippen LogP contribution in [0.2, 0.25) is 0 Å². The first-order valence-electron chi connectivity index (χ1n) is 7.98. The normalized spacial score (nSPS) is 17.0. The Morgan fingerprint density at radius 2 is 1.57 bits per heavy atom. The third-order valence-corrected chi connectivity index (χ3v) is 4.43. The minimum atomic E-state index is -0.776. The molecule has 4 nitrogen and oxygen atoms in total. The fourth-order valence-corrected chi connectivity index (χ4v) is 3.14. The number of aliphatic carboxylic acids is 1. The molecule has 1 aliphatic heterocycles. The van der Waals surface area contributed by atoms with Crippen LogP contribution in [0.5, 0.6) is 0 Å². The van der Waals surface area contributed by atoms with E-state index >= 15 is 0 Å². The van der Waals surface area contributed by atoms with E-state index in [2.05, 4.69) is 21.9 Å². The Morgan fingerprint density at radius 1 is 0.957 bits per heavy atom. The van der Waals surface area contributed by atoms with Crippen molar-refractivity contribution < 1.29 is 9.90 Å². The Bertz CT molecular complexity index is 647. The van der Waals surface area contributed by atoms with E-state index < -0.39 is 12.0 Å². The maximum atomic E-state index is 11.8. The summed E-state index contributed by atoms with van der Waals surface area (Å²) in [6.45, 7) is 5.21. The number of anilines is 1. The summed E-state index contributed by atoms with van der Waals surface area (Å²) in [6, 6.07) is 17.5. The van der Waals surface area contributed by atoms with Crippen molar-refractivity contribution in [3.63, 3.8) is 0 Å². The zero-order valence-electron chi connectivity index (χ0n) is 13.4. The highest BCUT2D eigenvalue weighted by Crippen LogP contribution is 2.24. The summed E-state index contributed by atoms with van der Waals surface area (Å²) < 4.78 is 0. The standard InChI is InChI=1S/C19H22N2O2/c1-15-7-9-16(10-8-15)18(19(22)23)21-13-11-20(12-14-21)17-5-3-2-4-6-17/h2-10,18H,11-14H2,1H3,(H,22,23)/t18-/m0/s1. The number of benzene rings is 2. The number of piperazine rings is 1. The van der Waals surface area contributed by atoms with Gasteiger partial charge in [0.1, 0.15) is 6.04 Å². The average Bonchev–Trinajstić information content (AvgIpc) is 2.58. The summed E-state index contributed by atoms with van der Waals surface area (Å²) in [7, 11) is 0. The van der Waals surface area contributed by atoms with Crippen LogP contribution < -0.4 is 4.90 Å². The summed E-state index contributed by atoms with van der Waals surface area (Å²) in [5.41, 5.74) is 3.21. The first-order chi connectivity index (χ1) is 11.1. The lowest BCUT2D eigenvalue weighted by Crippen LogP contribution is -2.49. The third-order valence-electron chi connectivity index (χ3n) is 4.43. The highest BCUT2D eigenvalue weighted by molar-refractivity contribution is 5.75. The lowest BCUT2D eigenvalue weighted by molar-refractivity contribution is -0.143. The van der Waals surface area contributed by atoms with Gasteiger partial charge in [-0.1, -0.05) is 48.0 Å². The van der Waals surface area contributed by atoms with Gasteiger partial charge in [0.05, 0.1) is 0 Å². The maximum Gasteiger partial charge on any atom is 0.325 e. The number of para-hydroxylation sites is 1. The fourth-order valence-electron chi connectivity index (χ4n) is 3.14. The average molecular weight is 310 g/mol. The Morgan fingerprint density at radius 3 is 2.13 bits per heavy atom. The summed E-state index contributed by atoms with van der Waals surface area (Å²) in [4.78, 5) is 16.2. The van der Waals surface area contributed by atoms with Crippen molar-refractivity contribution in [1.82, 2.24) is 4.90 Å². The van der Waals surface area contributed by atoms with Gasteiger partial charge in [-0.2, -0.15) is 0 Å². The molecule has 0 saturated carbocycles. The summed E-state index contributed by atoms with van der Waals surface area (Å²) >= 11 is 0. The SMILES string of the molecule is Cc1ccc([C@@H](C(=O)O)N2CCN(c3ccccc3)CC2)cc1. The van der Waals surface area contributed by atoms with E-state index in [4.69, 9.17) is 0 Å². The predicted octanol–water partition coefficient (Wildman–Crippen LogP) is 2.94. The van der Waals surface area contributed by atoms with Gasteiger partial charge in [-0.25, -0.2) is 0 Å². The molecule has 0 aromatic heterocycles. The van der Waals surface area contributed by atoms with E-state index in [1.165, 1.54) is 5.69 Å². The number of hydrogen-bond acceptors (Lipinski definition) is 3. The summed E-state index contributed by atoms with van der Waals surface area (Å²) in [5.74, 6) is -0.776. The Hall–Kier alpha value is -2.33. The van der Waals surface area contributed by atoms with Crippen LogP contribution in [0.1, 0.15) is 17.2 Å². The molecule has 0 amide bonds. The zero-order valence-corrected chi connectivity index (χ0v) is 13.4. The van der Waals surface area contributed by atoms with Gasteiger partial charge in [-0.3, -0.25) is 9.69 Å². The number of nitrogens with zero attached hydrogens (tertiary/aromatic N) is 2. The van der Waals surface area contributed by atoms with Gasteiger partial charge >= 0.3 is 5.97 Å². The van der Waals surface area contributed by atoms with E-state index in [0.29, 0.717) is 0 Å². The monoisotopic (exact) mass is 310 g/mol. The van der Waals surface area contributed by atoms with Gasteiger partial charge in [-0.15, -0.1) is 0 Å². The van der Waals surface area contributed by atoms with Crippen molar-refractivity contribution in [2.24, 2.45) is 0 Å². The molecular formula is C19H22N2O2. The molecular weight excluding hydrogens is 288 g/mol. The topological polar surface area (TPSA) is 43.8 Å². The van der Waals surface area contributed by atoms with E-state index in [-0.39, 0.29) is 0 Å². The van der Waals surface area contributed by atoms with Crippen LogP contribution in [0.4, 0.5) is 5.69 Å². The second-order valence-electron chi connectivity index (χ2n) is 6.01. The molecule has 120 valence electrons. The van der Waals surface area contributed by atoms with Crippen LogP contribution >= 0.6 is 0 Å². The van der Waals surface area contributed by atoms with Crippen LogP contribution in [-0.2, 0) is 4.79 Å². The smallest absolute Gasteiger partial charge is 0.325 e. The van der Waals surface area contributed by atoms with Crippen molar-refractivity contribution >= 4 is 11.7 Å². The Kier molecular flexibility index (Phi) is 4.63. The molecule has 3 rings (SSSR count). The minimum Gasteiger partial charge on any atom is -0.480 e. The molecule has 4 heteroatoms. The van der Waals surface area contributed by atoms with Crippen LogP contribution in [0, 0.1) is 6.92 Å². The fraction of sp³-hybridized carbons (Fsp3) is 0.316. The van der Waals surface area contributed by atoms with E-state index in [9.17, 15) is 9.90 Å². The van der Waals surface area contributed by atoms with Crippen molar-refractivity contribution in [2.75, 3.05) is 31.1 Å². The molecule has 1 N–H and O–H groups in total. The quantitative estimate of drug-likeness (QED) is 0.943. The highest BCUT2D eigenvalue weighted by atomic mass is 16.4. The van der Waals surface area contributed by atoms with Crippen molar-refractivity contribution in [2.45, 2.75) is 13.0 Å². The Balaban J connectivity index is 1.71. The van der Waals surface area contributed by atoms with Crippen LogP contribution in [0.25, 0.3) is 0 Å². The summed E-state index contributed by atoms with van der Waals surface area (Å²) in [6.07, 6.45) is 0. The molecule has 23 heavy (non-hydrogen) atoms. The van der Waals surface area contributed by atoms with Gasteiger partial charge in [0.15, 0.2) is 0 Å². The lowest BCUT2D eigenvalue weighted by Gasteiger charge is -2.39. The second-order valence-corrected chi connectivity index (χ2v) is 6.01. The molecule has 0 radical (unpaired) electrons. The third kappa shape index (κ3) is 3.54. The summed E-state index contributed by atoms with van der Waals surface area (Å²) in [5, 5.41) is 9.68. The number of aryl methyl sites for hydroxylation is 1. The number of hydrogen-bond donors (Lipinski definition) is 1. The molecule has 0 aliphatic carbocycles. The van der Waals surface area contributed by atoms with E-state index in [1.807, 2.05) is 49.4 Å². The van der Waals surface area contributed by atoms with Crippen LogP contribution in [0.3, 0.4) is 0 Å². The van der Waals surface area contributed by atoms with Crippen molar-refractivity contribution in [1.29, 1.82) is 0 Å². The molecule has 1 heterocycles. The number of carboxylic acids is 1. The van der Waals surface area contributed by atoms with Gasteiger partial charge < -0.3 is 10.0 Å². The minimum absolute atomic E-state index is 0.562. The van der Waals surface area contributed by atoms with Gasteiger partial charge in [0.25, 0.3) is 0 Å². The van der Waals surface area contributed by atoms with Gasteiger partial charge in [-0.05, 0) is 24.6 Å².